The number of rotatable bonds is 52. The highest BCUT2D eigenvalue weighted by atomic mass is 16.2. The molecule has 0 spiro atoms. The van der Waals surface area contributed by atoms with Crippen molar-refractivity contribution in [3.8, 4) is 0 Å². The maximum atomic E-state index is 13.6. The summed E-state index contributed by atoms with van der Waals surface area (Å²) < 4.78 is 0. The van der Waals surface area contributed by atoms with Crippen LogP contribution in [-0.2, 0) is 19.2 Å². The Balaban J connectivity index is 2.41. The van der Waals surface area contributed by atoms with Gasteiger partial charge in [-0.2, -0.15) is 0 Å². The normalized spacial score (nSPS) is 16.0. The lowest BCUT2D eigenvalue weighted by Crippen LogP contribution is -2.46. The van der Waals surface area contributed by atoms with Gasteiger partial charge in [0.1, 0.15) is 0 Å². The zero-order valence-corrected chi connectivity index (χ0v) is 47.1. The van der Waals surface area contributed by atoms with Crippen molar-refractivity contribution in [1.82, 2.24) is 16.0 Å². The Labute approximate surface area is 435 Å². The van der Waals surface area contributed by atoms with E-state index in [0.29, 0.717) is 38.8 Å². The molecular weight excluding hydrogens is 863 g/mol. The maximum absolute atomic E-state index is 13.6. The molecule has 0 aromatic rings. The van der Waals surface area contributed by atoms with Crippen LogP contribution in [0.15, 0.2) is 12.2 Å². The van der Waals surface area contributed by atoms with Crippen molar-refractivity contribution in [2.75, 3.05) is 13.1 Å². The summed E-state index contributed by atoms with van der Waals surface area (Å²) in [5.41, 5.74) is 0. The first-order valence-corrected chi connectivity index (χ1v) is 31.5. The number of carbonyl (C=O) groups excluding carboxylic acids is 4. The van der Waals surface area contributed by atoms with E-state index in [2.05, 4.69) is 48.9 Å². The number of unbranched alkanes of at least 4 members (excludes halogenated alkanes) is 41. The molecule has 0 aromatic carbocycles. The van der Waals surface area contributed by atoms with Gasteiger partial charge in [0.15, 0.2) is 0 Å². The number of amides is 4. The van der Waals surface area contributed by atoms with Crippen LogP contribution in [0.3, 0.4) is 0 Å². The highest BCUT2D eigenvalue weighted by molar-refractivity contribution is 5.97. The molecule has 4 amide bonds. The third kappa shape index (κ3) is 42.3. The SMILES string of the molecule is CCCCCCCCC=CCCCCCCCC(=O)NC(=O)C1CC(C(=O)NCCCCCCCCCCCCCCCCCC)CC(C(=O)NCCCCCCCCCCCCCCCCCC)C1. The fourth-order valence-electron chi connectivity index (χ4n) is 10.7. The van der Waals surface area contributed by atoms with E-state index >= 15 is 0 Å². The molecule has 1 saturated carbocycles. The van der Waals surface area contributed by atoms with E-state index in [1.807, 2.05) is 0 Å². The van der Waals surface area contributed by atoms with E-state index in [0.717, 1.165) is 57.8 Å². The lowest BCUT2D eigenvalue weighted by Gasteiger charge is -2.32. The van der Waals surface area contributed by atoms with Crippen LogP contribution in [0.25, 0.3) is 0 Å². The topological polar surface area (TPSA) is 104 Å². The number of nitrogens with one attached hydrogen (secondary N) is 3. The minimum atomic E-state index is -0.524. The lowest BCUT2D eigenvalue weighted by atomic mass is 9.74. The molecule has 0 heterocycles. The molecule has 7 nitrogen and oxygen atoms in total. The average molecular weight is 983 g/mol. The second-order valence-electron chi connectivity index (χ2n) is 22.2. The van der Waals surface area contributed by atoms with E-state index < -0.39 is 17.8 Å². The first-order chi connectivity index (χ1) is 34.4. The molecule has 0 aliphatic heterocycles. The molecule has 7 heteroatoms. The van der Waals surface area contributed by atoms with Crippen molar-refractivity contribution in [3.63, 3.8) is 0 Å². The van der Waals surface area contributed by atoms with Crippen LogP contribution in [0.2, 0.25) is 0 Å². The van der Waals surface area contributed by atoms with E-state index in [9.17, 15) is 19.2 Å². The fraction of sp³-hybridized carbons (Fsp3) is 0.905. The molecule has 0 saturated heterocycles. The molecule has 1 aliphatic rings. The highest BCUT2D eigenvalue weighted by Crippen LogP contribution is 2.34. The van der Waals surface area contributed by atoms with Crippen LogP contribution in [0.5, 0.6) is 0 Å². The summed E-state index contributed by atoms with van der Waals surface area (Å²) in [6.45, 7) is 8.10. The van der Waals surface area contributed by atoms with Crippen LogP contribution in [0.1, 0.15) is 335 Å². The van der Waals surface area contributed by atoms with Gasteiger partial charge in [0.05, 0.1) is 0 Å². The summed E-state index contributed by atoms with van der Waals surface area (Å²) in [4.78, 5) is 53.6. The molecule has 2 atom stereocenters. The van der Waals surface area contributed by atoms with Crippen LogP contribution in [0, 0.1) is 17.8 Å². The maximum Gasteiger partial charge on any atom is 0.229 e. The molecule has 410 valence electrons. The summed E-state index contributed by atoms with van der Waals surface area (Å²) in [5.74, 6) is -1.98. The molecular formula is C63H119N3O4. The van der Waals surface area contributed by atoms with Gasteiger partial charge < -0.3 is 10.6 Å². The number of carbonyl (C=O) groups is 4. The van der Waals surface area contributed by atoms with Crippen LogP contribution in [0.4, 0.5) is 0 Å². The Morgan fingerprint density at radius 2 is 0.557 bits per heavy atom. The van der Waals surface area contributed by atoms with Crippen LogP contribution < -0.4 is 16.0 Å². The predicted molar refractivity (Wildman–Crippen MR) is 302 cm³/mol. The molecule has 0 bridgehead atoms. The van der Waals surface area contributed by atoms with Crippen molar-refractivity contribution in [2.24, 2.45) is 17.8 Å². The van der Waals surface area contributed by atoms with E-state index in [1.54, 1.807) is 0 Å². The molecule has 1 fully saturated rings. The van der Waals surface area contributed by atoms with E-state index in [1.165, 1.54) is 231 Å². The van der Waals surface area contributed by atoms with Crippen molar-refractivity contribution in [1.29, 1.82) is 0 Å². The monoisotopic (exact) mass is 982 g/mol. The number of hydrogen-bond donors (Lipinski definition) is 3. The van der Waals surface area contributed by atoms with Gasteiger partial charge in [0, 0.05) is 37.3 Å². The van der Waals surface area contributed by atoms with Gasteiger partial charge in [-0.15, -0.1) is 0 Å². The molecule has 2 unspecified atom stereocenters. The van der Waals surface area contributed by atoms with Gasteiger partial charge in [0.2, 0.25) is 23.6 Å². The van der Waals surface area contributed by atoms with Crippen molar-refractivity contribution in [3.05, 3.63) is 12.2 Å². The third-order valence-electron chi connectivity index (χ3n) is 15.4. The van der Waals surface area contributed by atoms with Gasteiger partial charge >= 0.3 is 0 Å². The Hall–Kier alpha value is -2.18. The Kier molecular flexibility index (Phi) is 48.6. The summed E-state index contributed by atoms with van der Waals surface area (Å²) >= 11 is 0. The predicted octanol–water partition coefficient (Wildman–Crippen LogP) is 18.5. The molecule has 0 radical (unpaired) electrons. The molecule has 3 N–H and O–H groups in total. The second kappa shape index (κ2) is 51.7. The van der Waals surface area contributed by atoms with Crippen LogP contribution >= 0.6 is 0 Å². The average Bonchev–Trinajstić information content (AvgIpc) is 3.36. The molecule has 1 rings (SSSR count). The first-order valence-electron chi connectivity index (χ1n) is 31.5. The molecule has 70 heavy (non-hydrogen) atoms. The van der Waals surface area contributed by atoms with Gasteiger partial charge in [-0.3, -0.25) is 24.5 Å². The van der Waals surface area contributed by atoms with E-state index in [-0.39, 0.29) is 23.6 Å². The molecule has 1 aliphatic carbocycles. The number of hydrogen-bond acceptors (Lipinski definition) is 4. The van der Waals surface area contributed by atoms with Crippen molar-refractivity contribution >= 4 is 23.6 Å². The summed E-state index contributed by atoms with van der Waals surface area (Å²) in [7, 11) is 0. The lowest BCUT2D eigenvalue weighted by molar-refractivity contribution is -0.137. The molecule has 0 aromatic heterocycles. The van der Waals surface area contributed by atoms with Gasteiger partial charge in [0.25, 0.3) is 0 Å². The van der Waals surface area contributed by atoms with Crippen LogP contribution in [-0.4, -0.2) is 36.7 Å². The minimum absolute atomic E-state index is 0.0475. The largest absolute Gasteiger partial charge is 0.356 e. The van der Waals surface area contributed by atoms with Crippen molar-refractivity contribution in [2.45, 2.75) is 335 Å². The van der Waals surface area contributed by atoms with Crippen molar-refractivity contribution < 1.29 is 19.2 Å². The smallest absolute Gasteiger partial charge is 0.229 e. The minimum Gasteiger partial charge on any atom is -0.356 e. The summed E-state index contributed by atoms with van der Waals surface area (Å²) in [5, 5.41) is 9.00. The highest BCUT2D eigenvalue weighted by Gasteiger charge is 2.39. The first kappa shape index (κ1) is 65.8. The standard InChI is InChI=1S/C63H119N3O4/c1-4-7-10-13-16-19-22-25-28-31-34-37-40-43-46-49-52-64-61(68)57-54-58(62(69)65-53-50-47-44-41-38-35-32-29-26-23-20-17-14-11-8-5-2)56-59(55-57)63(70)66-60(67)51-48-45-42-39-36-33-30-27-24-21-18-15-12-9-6-3/h27,30,57-59H,4-26,28-29,31-56H2,1-3H3,(H,64,68)(H,65,69)(H,66,67,70). The van der Waals surface area contributed by atoms with Gasteiger partial charge in [-0.05, 0) is 64.2 Å². The quantitative estimate of drug-likeness (QED) is 0.0417. The summed E-state index contributed by atoms with van der Waals surface area (Å²) in [6.07, 6.45) is 63.9. The second-order valence-corrected chi connectivity index (χ2v) is 22.2. The zero-order chi connectivity index (χ0) is 50.6. The number of imide groups is 1. The Morgan fingerprint density at radius 1 is 0.314 bits per heavy atom. The Bertz CT molecular complexity index is 1160. The van der Waals surface area contributed by atoms with Gasteiger partial charge in [-0.1, -0.05) is 277 Å². The van der Waals surface area contributed by atoms with E-state index in [4.69, 9.17) is 0 Å². The zero-order valence-electron chi connectivity index (χ0n) is 47.1. The Morgan fingerprint density at radius 3 is 0.857 bits per heavy atom. The summed E-state index contributed by atoms with van der Waals surface area (Å²) in [6, 6.07) is 0. The van der Waals surface area contributed by atoms with Gasteiger partial charge in [-0.25, -0.2) is 0 Å². The fourth-order valence-corrected chi connectivity index (χ4v) is 10.7. The third-order valence-corrected chi connectivity index (χ3v) is 15.4. The number of allylic oxidation sites excluding steroid dienone is 2.